The zero-order valence-corrected chi connectivity index (χ0v) is 17.1. The Hall–Kier alpha value is -1.05. The topological polar surface area (TPSA) is 0 Å². The van der Waals surface area contributed by atoms with E-state index in [0.717, 1.165) is 23.7 Å². The van der Waals surface area contributed by atoms with E-state index in [0.29, 0.717) is 8.58 Å². The van der Waals surface area contributed by atoms with Crippen LogP contribution in [0.15, 0.2) is 36.9 Å². The van der Waals surface area contributed by atoms with Crippen molar-refractivity contribution in [2.75, 3.05) is 6.66 Å². The molecule has 2 aliphatic rings. The summed E-state index contributed by atoms with van der Waals surface area (Å²) in [5.41, 5.74) is 5.42. The minimum Gasteiger partial charge on any atom is -0.116 e. The Bertz CT molecular complexity index is 545. The molecule has 2 fully saturated rings. The van der Waals surface area contributed by atoms with Crippen molar-refractivity contribution in [2.45, 2.75) is 64.2 Å². The lowest BCUT2D eigenvalue weighted by Crippen LogP contribution is -2.25. The van der Waals surface area contributed by atoms with Crippen molar-refractivity contribution in [3.63, 3.8) is 0 Å². The Morgan fingerprint density at radius 3 is 1.92 bits per heavy atom. The van der Waals surface area contributed by atoms with E-state index in [1.165, 1.54) is 56.9 Å². The fourth-order valence-corrected chi connectivity index (χ4v) is 4.61. The maximum Gasteiger partial charge on any atom is 0 e. The smallest absolute Gasteiger partial charge is 0 e. The van der Waals surface area contributed by atoms with Crippen LogP contribution in [-0.2, 0) is 0 Å². The largest absolute Gasteiger partial charge is 0.116 e. The van der Waals surface area contributed by atoms with Crippen molar-refractivity contribution >= 4 is 8.58 Å². The van der Waals surface area contributed by atoms with E-state index in [1.807, 2.05) is 6.66 Å². The van der Waals surface area contributed by atoms with Crippen LogP contribution in [0.3, 0.4) is 0 Å². The maximum atomic E-state index is 4.79. The molecule has 0 saturated heterocycles. The Balaban J connectivity index is 0.00000103. The van der Waals surface area contributed by atoms with Crippen LogP contribution < -0.4 is 0 Å². The van der Waals surface area contributed by atoms with Crippen LogP contribution >= 0.6 is 8.58 Å². The second-order valence-corrected chi connectivity index (χ2v) is 8.62. The molecule has 1 heteroatoms. The van der Waals surface area contributed by atoms with Gasteiger partial charge < -0.3 is 0 Å². The molecule has 0 aliphatic heterocycles. The van der Waals surface area contributed by atoms with E-state index in [2.05, 4.69) is 49.5 Å². The number of terminal acetylenes is 1. The van der Waals surface area contributed by atoms with Gasteiger partial charge in [0.15, 0.2) is 0 Å². The molecule has 0 N–H and O–H groups in total. The molecule has 0 nitrogen and oxygen atoms in total. The van der Waals surface area contributed by atoms with Crippen molar-refractivity contribution in [3.05, 3.63) is 48.0 Å². The van der Waals surface area contributed by atoms with Gasteiger partial charge in [0.05, 0.1) is 0 Å². The third kappa shape index (κ3) is 6.31. The highest BCUT2D eigenvalue weighted by atomic mass is 31.1. The fourth-order valence-electron chi connectivity index (χ4n) is 4.61. The monoisotopic (exact) mass is 358 g/mol. The van der Waals surface area contributed by atoms with E-state index >= 15 is 0 Å². The van der Waals surface area contributed by atoms with Gasteiger partial charge in [-0.15, -0.1) is 13.0 Å². The van der Waals surface area contributed by atoms with Crippen LogP contribution in [0, 0.1) is 36.8 Å². The average Bonchev–Trinajstić information content (AvgIpc) is 2.69. The normalized spacial score (nSPS) is 29.5. The molecular formula is C24H39P. The Morgan fingerprint density at radius 1 is 1.00 bits per heavy atom. The van der Waals surface area contributed by atoms with E-state index in [4.69, 9.17) is 6.42 Å². The number of hydrogen-bond donors (Lipinski definition) is 0. The molecule has 0 heterocycles. The third-order valence-corrected chi connectivity index (χ3v) is 6.57. The van der Waals surface area contributed by atoms with Crippen molar-refractivity contribution in [1.29, 1.82) is 0 Å². The summed E-state index contributed by atoms with van der Waals surface area (Å²) in [6.07, 6.45) is 18.4. The van der Waals surface area contributed by atoms with Gasteiger partial charge in [-0.1, -0.05) is 41.6 Å². The molecule has 1 atom stereocenters. The van der Waals surface area contributed by atoms with Gasteiger partial charge in [0.1, 0.15) is 0 Å². The first-order chi connectivity index (χ1) is 12.2. The molecular weight excluding hydrogens is 319 g/mol. The molecule has 140 valence electrons. The lowest BCUT2D eigenvalue weighted by molar-refractivity contribution is 0.171. The molecule has 1 aromatic rings. The van der Waals surface area contributed by atoms with Crippen molar-refractivity contribution in [3.8, 4) is 12.1 Å². The van der Waals surface area contributed by atoms with E-state index in [-0.39, 0.29) is 2.85 Å². The van der Waals surface area contributed by atoms with Crippen LogP contribution in [0.1, 0.15) is 71.3 Å². The molecule has 2 saturated carbocycles. The molecule has 25 heavy (non-hydrogen) atoms. The first-order valence-corrected chi connectivity index (χ1v) is 11.5. The molecule has 3 rings (SSSR count). The predicted octanol–water partition coefficient (Wildman–Crippen LogP) is 7.64. The summed E-state index contributed by atoms with van der Waals surface area (Å²) in [5.74, 6) is 3.66. The summed E-state index contributed by atoms with van der Waals surface area (Å²) in [6.45, 7) is 8.12. The summed E-state index contributed by atoms with van der Waals surface area (Å²) in [6, 6.07) is 9.27. The van der Waals surface area contributed by atoms with Crippen LogP contribution in [0.5, 0.6) is 0 Å². The predicted molar refractivity (Wildman–Crippen MR) is 119 cm³/mol. The summed E-state index contributed by atoms with van der Waals surface area (Å²) in [7, 11) is 0.668. The molecule has 0 bridgehead atoms. The van der Waals surface area contributed by atoms with Gasteiger partial charge >= 0.3 is 0 Å². The van der Waals surface area contributed by atoms with Gasteiger partial charge in [-0.05, 0) is 103 Å². The molecule has 0 amide bonds. The van der Waals surface area contributed by atoms with Crippen molar-refractivity contribution in [1.82, 2.24) is 0 Å². The number of benzene rings is 1. The van der Waals surface area contributed by atoms with Crippen LogP contribution in [0.2, 0.25) is 0 Å². The Kier molecular flexibility index (Phi) is 8.78. The summed E-state index contributed by atoms with van der Waals surface area (Å²) < 4.78 is 0. The van der Waals surface area contributed by atoms with Crippen molar-refractivity contribution < 1.29 is 2.85 Å². The highest BCUT2D eigenvalue weighted by molar-refractivity contribution is 7.42. The first-order valence-electron chi connectivity index (χ1n) is 9.99. The second kappa shape index (κ2) is 10.8. The fraction of sp³-hybridized carbons (Fsp3) is 0.583. The minimum absolute atomic E-state index is 0. The highest BCUT2D eigenvalue weighted by Gasteiger charge is 2.30. The zero-order valence-electron chi connectivity index (χ0n) is 16.1. The van der Waals surface area contributed by atoms with Crippen molar-refractivity contribution in [2.24, 2.45) is 17.8 Å². The van der Waals surface area contributed by atoms with E-state index in [1.54, 1.807) is 5.56 Å². The maximum absolute atomic E-state index is 4.79. The molecule has 1 aromatic carbocycles. The Labute approximate surface area is 160 Å². The first kappa shape index (κ1) is 20.3. The number of rotatable bonds is 3. The van der Waals surface area contributed by atoms with Gasteiger partial charge in [0, 0.05) is 2.85 Å². The van der Waals surface area contributed by atoms with Gasteiger partial charge in [-0.25, -0.2) is 0 Å². The van der Waals surface area contributed by atoms with Crippen LogP contribution in [0.25, 0.3) is 0 Å². The molecule has 2 aliphatic carbocycles. The minimum atomic E-state index is 0. The summed E-state index contributed by atoms with van der Waals surface area (Å²) in [4.78, 5) is 0. The highest BCUT2D eigenvalue weighted by Crippen LogP contribution is 2.43. The SMILES string of the molecule is C#CPC.C=CC1CCC(C2CCC(c3ccc(C)cc3)CC2)CC1.[HH].[HH]. The standard InChI is InChI=1S/C21H30.C3H5P.2H2/c1-3-17-6-10-19(11-7-17)21-14-12-20(13-15-21)18-8-4-16(2)5-9-18;1-3-4-2;;/h3-5,8-9,17,19-21H,1,6-7,10-15H2,2H3;1,4H,2H3;2*1H. The average molecular weight is 359 g/mol. The summed E-state index contributed by atoms with van der Waals surface area (Å²) >= 11 is 0. The lowest BCUT2D eigenvalue weighted by Gasteiger charge is -2.37. The number of allylic oxidation sites excluding steroid dienone is 1. The molecule has 0 aromatic heterocycles. The second-order valence-electron chi connectivity index (χ2n) is 7.83. The van der Waals surface area contributed by atoms with Gasteiger partial charge in [0.2, 0.25) is 0 Å². The van der Waals surface area contributed by atoms with E-state index < -0.39 is 0 Å². The van der Waals surface area contributed by atoms with Gasteiger partial charge in [0.25, 0.3) is 0 Å². The summed E-state index contributed by atoms with van der Waals surface area (Å²) in [5, 5.41) is 0. The van der Waals surface area contributed by atoms with Gasteiger partial charge in [-0.2, -0.15) is 0 Å². The number of aryl methyl sites for hydroxylation is 1. The molecule has 1 unspecified atom stereocenters. The van der Waals surface area contributed by atoms with E-state index in [9.17, 15) is 0 Å². The zero-order chi connectivity index (χ0) is 18.1. The van der Waals surface area contributed by atoms with Crippen LogP contribution in [0.4, 0.5) is 0 Å². The lowest BCUT2D eigenvalue weighted by atomic mass is 9.68. The molecule has 0 radical (unpaired) electrons. The van der Waals surface area contributed by atoms with Gasteiger partial charge in [-0.3, -0.25) is 0 Å². The number of hydrogen-bond acceptors (Lipinski definition) is 0. The molecule has 0 spiro atoms. The van der Waals surface area contributed by atoms with Crippen LogP contribution in [-0.4, -0.2) is 6.66 Å². The quantitative estimate of drug-likeness (QED) is 0.296. The third-order valence-electron chi connectivity index (χ3n) is 6.28. The Morgan fingerprint density at radius 2 is 1.48 bits per heavy atom.